The molecule has 116 valence electrons. The largest absolute Gasteiger partial charge is 0.491 e. The summed E-state index contributed by atoms with van der Waals surface area (Å²) in [4.78, 5) is 0. The number of ether oxygens (including phenoxy) is 1. The number of benzene rings is 2. The van der Waals surface area contributed by atoms with Gasteiger partial charge in [-0.3, -0.25) is 0 Å². The highest BCUT2D eigenvalue weighted by Gasteiger charge is 2.06. The van der Waals surface area contributed by atoms with Crippen LogP contribution in [0.25, 0.3) is 0 Å². The van der Waals surface area contributed by atoms with E-state index in [2.05, 4.69) is 26.6 Å². The second-order valence-electron chi connectivity index (χ2n) is 5.09. The van der Waals surface area contributed by atoms with Gasteiger partial charge in [0, 0.05) is 10.2 Å². The molecule has 0 bridgehead atoms. The van der Waals surface area contributed by atoms with E-state index in [1.54, 1.807) is 0 Å². The Morgan fingerprint density at radius 3 is 2.73 bits per heavy atom. The van der Waals surface area contributed by atoms with Crippen molar-refractivity contribution in [2.45, 2.75) is 19.9 Å². The van der Waals surface area contributed by atoms with Crippen molar-refractivity contribution in [2.75, 3.05) is 11.9 Å². The molecule has 2 aromatic rings. The summed E-state index contributed by atoms with van der Waals surface area (Å²) in [6.45, 7) is 4.62. The van der Waals surface area contributed by atoms with Crippen LogP contribution in [-0.2, 0) is 0 Å². The molecule has 3 nitrogen and oxygen atoms in total. The van der Waals surface area contributed by atoms with E-state index in [1.165, 1.54) is 0 Å². The summed E-state index contributed by atoms with van der Waals surface area (Å²) < 4.78 is 6.82. The number of aryl methyl sites for hydroxylation is 1. The number of halogens is 1. The molecule has 1 atom stereocenters. The summed E-state index contributed by atoms with van der Waals surface area (Å²) >= 11 is 8.76. The lowest BCUT2D eigenvalue weighted by Gasteiger charge is -2.18. The molecule has 0 aliphatic carbocycles. The number of thiocarbonyl (C=S) groups is 1. The van der Waals surface area contributed by atoms with Crippen LogP contribution in [0.4, 0.5) is 5.69 Å². The van der Waals surface area contributed by atoms with Crippen LogP contribution in [0.1, 0.15) is 12.5 Å². The van der Waals surface area contributed by atoms with Gasteiger partial charge in [0.25, 0.3) is 0 Å². The van der Waals surface area contributed by atoms with Crippen molar-refractivity contribution in [1.29, 1.82) is 0 Å². The standard InChI is InChI=1S/C17H19BrN2OS/c1-12-6-3-4-9-16(12)21-11-13(2)19-17(22)20-15-8-5-7-14(18)10-15/h3-10,13H,11H2,1-2H3,(H2,19,20,22). The molecule has 0 radical (unpaired) electrons. The van der Waals surface area contributed by atoms with Crippen LogP contribution in [0, 0.1) is 6.92 Å². The smallest absolute Gasteiger partial charge is 0.171 e. The molecule has 22 heavy (non-hydrogen) atoms. The van der Waals surface area contributed by atoms with Gasteiger partial charge in [0.1, 0.15) is 12.4 Å². The molecular formula is C17H19BrN2OS. The van der Waals surface area contributed by atoms with E-state index in [0.717, 1.165) is 21.5 Å². The predicted molar refractivity (Wildman–Crippen MR) is 99.6 cm³/mol. The molecule has 0 fully saturated rings. The van der Waals surface area contributed by atoms with Gasteiger partial charge in [-0.1, -0.05) is 40.2 Å². The van der Waals surface area contributed by atoms with E-state index >= 15 is 0 Å². The second-order valence-corrected chi connectivity index (χ2v) is 6.41. The fourth-order valence-electron chi connectivity index (χ4n) is 1.93. The van der Waals surface area contributed by atoms with Crippen LogP contribution in [-0.4, -0.2) is 17.8 Å². The summed E-state index contributed by atoms with van der Waals surface area (Å²) in [5.41, 5.74) is 2.07. The monoisotopic (exact) mass is 378 g/mol. The number of nitrogens with one attached hydrogen (secondary N) is 2. The Bertz CT molecular complexity index is 648. The fraction of sp³-hybridized carbons (Fsp3) is 0.235. The molecule has 0 aromatic heterocycles. The number of hydrogen-bond acceptors (Lipinski definition) is 2. The molecular weight excluding hydrogens is 360 g/mol. The van der Waals surface area contributed by atoms with Gasteiger partial charge >= 0.3 is 0 Å². The van der Waals surface area contributed by atoms with Crippen molar-refractivity contribution in [3.63, 3.8) is 0 Å². The SMILES string of the molecule is Cc1ccccc1OCC(C)NC(=S)Nc1cccc(Br)c1. The lowest BCUT2D eigenvalue weighted by Crippen LogP contribution is -2.39. The number of anilines is 1. The summed E-state index contributed by atoms with van der Waals surface area (Å²) in [6.07, 6.45) is 0. The lowest BCUT2D eigenvalue weighted by molar-refractivity contribution is 0.285. The highest BCUT2D eigenvalue weighted by atomic mass is 79.9. The van der Waals surface area contributed by atoms with E-state index in [1.807, 2.05) is 62.4 Å². The van der Waals surface area contributed by atoms with E-state index in [0.29, 0.717) is 11.7 Å². The van der Waals surface area contributed by atoms with Gasteiger partial charge in [-0.15, -0.1) is 0 Å². The average molecular weight is 379 g/mol. The van der Waals surface area contributed by atoms with Crippen molar-refractivity contribution in [2.24, 2.45) is 0 Å². The first-order valence-corrected chi connectivity index (χ1v) is 8.26. The minimum absolute atomic E-state index is 0.103. The number of hydrogen-bond donors (Lipinski definition) is 2. The summed E-state index contributed by atoms with van der Waals surface area (Å²) in [7, 11) is 0. The van der Waals surface area contributed by atoms with Crippen molar-refractivity contribution in [3.05, 3.63) is 58.6 Å². The van der Waals surface area contributed by atoms with Crippen molar-refractivity contribution in [1.82, 2.24) is 5.32 Å². The molecule has 2 aromatic carbocycles. The van der Waals surface area contributed by atoms with Gasteiger partial charge in [0.2, 0.25) is 0 Å². The Labute approximate surface area is 145 Å². The first kappa shape index (κ1) is 16.8. The maximum Gasteiger partial charge on any atom is 0.171 e. The number of para-hydroxylation sites is 1. The van der Waals surface area contributed by atoms with Gasteiger partial charge in [-0.25, -0.2) is 0 Å². The van der Waals surface area contributed by atoms with Crippen molar-refractivity contribution in [3.8, 4) is 5.75 Å². The molecule has 2 rings (SSSR count). The van der Waals surface area contributed by atoms with Crippen LogP contribution < -0.4 is 15.4 Å². The van der Waals surface area contributed by atoms with Gasteiger partial charge in [0.15, 0.2) is 5.11 Å². The van der Waals surface area contributed by atoms with Crippen LogP contribution in [0.2, 0.25) is 0 Å². The Kier molecular flexibility index (Phi) is 6.21. The quantitative estimate of drug-likeness (QED) is 0.749. The second kappa shape index (κ2) is 8.15. The molecule has 0 spiro atoms. The van der Waals surface area contributed by atoms with E-state index in [4.69, 9.17) is 17.0 Å². The zero-order valence-corrected chi connectivity index (χ0v) is 15.0. The first-order valence-electron chi connectivity index (χ1n) is 7.06. The highest BCUT2D eigenvalue weighted by Crippen LogP contribution is 2.17. The molecule has 0 saturated carbocycles. The first-order chi connectivity index (χ1) is 10.5. The van der Waals surface area contributed by atoms with E-state index < -0.39 is 0 Å². The number of rotatable bonds is 5. The minimum atomic E-state index is 0.103. The summed E-state index contributed by atoms with van der Waals surface area (Å²) in [5.74, 6) is 0.905. The molecule has 5 heteroatoms. The Balaban J connectivity index is 1.80. The Morgan fingerprint density at radius 2 is 2.00 bits per heavy atom. The lowest BCUT2D eigenvalue weighted by atomic mass is 10.2. The maximum atomic E-state index is 5.81. The molecule has 1 unspecified atom stereocenters. The van der Waals surface area contributed by atoms with Crippen LogP contribution >= 0.6 is 28.1 Å². The zero-order valence-electron chi connectivity index (χ0n) is 12.6. The molecule has 0 saturated heterocycles. The van der Waals surface area contributed by atoms with E-state index in [-0.39, 0.29) is 6.04 Å². The highest BCUT2D eigenvalue weighted by molar-refractivity contribution is 9.10. The molecule has 0 aliphatic heterocycles. The predicted octanol–water partition coefficient (Wildman–Crippen LogP) is 4.51. The average Bonchev–Trinajstić information content (AvgIpc) is 2.46. The summed E-state index contributed by atoms with van der Waals surface area (Å²) in [6, 6.07) is 16.0. The van der Waals surface area contributed by atoms with Crippen LogP contribution in [0.3, 0.4) is 0 Å². The Morgan fingerprint density at radius 1 is 1.23 bits per heavy atom. The van der Waals surface area contributed by atoms with Gasteiger partial charge < -0.3 is 15.4 Å². The normalized spacial score (nSPS) is 11.6. The third kappa shape index (κ3) is 5.31. The van der Waals surface area contributed by atoms with Gasteiger partial charge in [0.05, 0.1) is 6.04 Å². The van der Waals surface area contributed by atoms with Crippen LogP contribution in [0.15, 0.2) is 53.0 Å². The van der Waals surface area contributed by atoms with E-state index in [9.17, 15) is 0 Å². The molecule has 0 aliphatic rings. The van der Waals surface area contributed by atoms with Crippen LogP contribution in [0.5, 0.6) is 5.75 Å². The molecule has 0 amide bonds. The third-order valence-electron chi connectivity index (χ3n) is 3.04. The minimum Gasteiger partial charge on any atom is -0.491 e. The third-order valence-corrected chi connectivity index (χ3v) is 3.76. The maximum absolute atomic E-state index is 5.81. The topological polar surface area (TPSA) is 33.3 Å². The fourth-order valence-corrected chi connectivity index (χ4v) is 2.65. The molecule has 0 heterocycles. The van der Waals surface area contributed by atoms with Gasteiger partial charge in [-0.05, 0) is 55.9 Å². The summed E-state index contributed by atoms with van der Waals surface area (Å²) in [5, 5.41) is 6.96. The van der Waals surface area contributed by atoms with Crippen molar-refractivity contribution < 1.29 is 4.74 Å². The van der Waals surface area contributed by atoms with Crippen molar-refractivity contribution >= 4 is 38.9 Å². The zero-order chi connectivity index (χ0) is 15.9. The Hall–Kier alpha value is -1.59. The van der Waals surface area contributed by atoms with Gasteiger partial charge in [-0.2, -0.15) is 0 Å². The molecule has 2 N–H and O–H groups in total.